The van der Waals surface area contributed by atoms with Crippen LogP contribution in [0.3, 0.4) is 0 Å². The van der Waals surface area contributed by atoms with Gasteiger partial charge in [0, 0.05) is 79.7 Å². The lowest BCUT2D eigenvalue weighted by atomic mass is 10.0. The molecule has 0 spiro atoms. The molecule has 1 aliphatic rings. The summed E-state index contributed by atoms with van der Waals surface area (Å²) in [6.45, 7) is 2.07. The number of aromatic nitrogens is 6. The summed E-state index contributed by atoms with van der Waals surface area (Å²) >= 11 is 0. The highest BCUT2D eigenvalue weighted by molar-refractivity contribution is 5.96. The Balaban J connectivity index is 1.72. The largest absolute Gasteiger partial charge is 0.435 e. The van der Waals surface area contributed by atoms with E-state index in [2.05, 4.69) is 20.0 Å². The zero-order valence-electron chi connectivity index (χ0n) is 20.3. The minimum Gasteiger partial charge on any atom is -0.383 e. The van der Waals surface area contributed by atoms with Gasteiger partial charge in [0.1, 0.15) is 11.3 Å². The number of aromatic amines is 1. The van der Waals surface area contributed by atoms with Crippen LogP contribution in [-0.2, 0) is 28.7 Å². The third-order valence-electron chi connectivity index (χ3n) is 6.48. The highest BCUT2D eigenvalue weighted by atomic mass is 19.4. The Hall–Kier alpha value is -3.22. The van der Waals surface area contributed by atoms with Gasteiger partial charge in [0.2, 0.25) is 0 Å². The lowest BCUT2D eigenvalue weighted by Crippen LogP contribution is -2.28. The van der Waals surface area contributed by atoms with E-state index < -0.39 is 18.1 Å². The van der Waals surface area contributed by atoms with Crippen LogP contribution in [0.25, 0.3) is 33.3 Å². The molecule has 1 atom stereocenters. The molecule has 0 aromatic carbocycles. The molecule has 4 aromatic rings. The van der Waals surface area contributed by atoms with Gasteiger partial charge in [0.05, 0.1) is 13.2 Å². The van der Waals surface area contributed by atoms with E-state index in [0.717, 1.165) is 17.5 Å². The number of halogens is 3. The third kappa shape index (κ3) is 4.51. The molecule has 5 rings (SSSR count). The van der Waals surface area contributed by atoms with Crippen LogP contribution in [0.2, 0.25) is 0 Å². The van der Waals surface area contributed by atoms with Crippen molar-refractivity contribution in [1.29, 1.82) is 0 Å². The quantitative estimate of drug-likeness (QED) is 0.446. The number of rotatable bonds is 4. The summed E-state index contributed by atoms with van der Waals surface area (Å²) in [5.41, 5.74) is 2.28. The maximum atomic E-state index is 13.9. The zero-order valence-corrected chi connectivity index (χ0v) is 20.3. The van der Waals surface area contributed by atoms with Gasteiger partial charge in [-0.15, -0.1) is 0 Å². The van der Waals surface area contributed by atoms with E-state index in [4.69, 9.17) is 14.6 Å². The summed E-state index contributed by atoms with van der Waals surface area (Å²) in [6.07, 6.45) is 3.05. The van der Waals surface area contributed by atoms with Gasteiger partial charge in [-0.25, -0.2) is 4.98 Å². The van der Waals surface area contributed by atoms with E-state index in [0.29, 0.717) is 55.0 Å². The minimum absolute atomic E-state index is 0.0328. The number of nitrogens with one attached hydrogen (secondary N) is 1. The summed E-state index contributed by atoms with van der Waals surface area (Å²) in [5, 5.41) is 9.28. The molecule has 1 unspecified atom stereocenters. The number of hydrogen-bond donors (Lipinski definition) is 1. The molecule has 4 bridgehead atoms. The summed E-state index contributed by atoms with van der Waals surface area (Å²) in [7, 11) is 5.22. The molecule has 0 fully saturated rings. The zero-order chi connectivity index (χ0) is 25.4. The number of ether oxygens (including phenoxy) is 2. The Morgan fingerprint density at radius 2 is 1.89 bits per heavy atom. The first-order valence-corrected chi connectivity index (χ1v) is 11.7. The molecule has 4 aromatic heterocycles. The molecule has 12 heteroatoms. The fourth-order valence-corrected chi connectivity index (χ4v) is 4.71. The normalized spacial score (nSPS) is 17.3. The van der Waals surface area contributed by atoms with E-state index in [1.165, 1.54) is 10.9 Å². The Kier molecular flexibility index (Phi) is 6.58. The van der Waals surface area contributed by atoms with Crippen molar-refractivity contribution in [3.63, 3.8) is 0 Å². The predicted octanol–water partition coefficient (Wildman–Crippen LogP) is 4.33. The first kappa shape index (κ1) is 24.5. The molecule has 1 N–H and O–H groups in total. The number of fused-ring (bicyclic) bond motifs is 6. The van der Waals surface area contributed by atoms with E-state index in [9.17, 15) is 13.2 Å². The van der Waals surface area contributed by atoms with Crippen LogP contribution in [0.5, 0.6) is 0 Å². The van der Waals surface area contributed by atoms with Crippen molar-refractivity contribution in [2.75, 3.05) is 34.4 Å². The van der Waals surface area contributed by atoms with Crippen molar-refractivity contribution in [2.45, 2.75) is 38.3 Å². The van der Waals surface area contributed by atoms with Crippen molar-refractivity contribution >= 4 is 11.0 Å². The van der Waals surface area contributed by atoms with Crippen LogP contribution in [0.4, 0.5) is 13.2 Å². The van der Waals surface area contributed by atoms with Gasteiger partial charge in [-0.05, 0) is 26.0 Å². The van der Waals surface area contributed by atoms with Crippen LogP contribution in [0, 0.1) is 0 Å². The standard InChI is InChI=1S/C24H28F3N7O2/c1-32-6-4-5-7-33-14-19(21(31-33)24(25,26)27)17-12-29-22-16(17)10-15(11-28-22)18-13-34(8-9-35-2)30-20(18)23(32)36-3/h10-14,23H,4-9H2,1-3H3,(H,28,29). The maximum absolute atomic E-state index is 13.9. The van der Waals surface area contributed by atoms with E-state index in [-0.39, 0.29) is 5.56 Å². The van der Waals surface area contributed by atoms with Crippen LogP contribution < -0.4 is 0 Å². The van der Waals surface area contributed by atoms with Crippen LogP contribution in [0.1, 0.15) is 30.5 Å². The summed E-state index contributed by atoms with van der Waals surface area (Å²) in [5.74, 6) is 0. The number of H-pyrrole nitrogens is 1. The molecule has 0 radical (unpaired) electrons. The van der Waals surface area contributed by atoms with Crippen LogP contribution in [0.15, 0.2) is 30.9 Å². The van der Waals surface area contributed by atoms with E-state index in [1.54, 1.807) is 31.3 Å². The number of alkyl halides is 3. The molecule has 0 saturated carbocycles. The summed E-state index contributed by atoms with van der Waals surface area (Å²) < 4.78 is 56.1. The van der Waals surface area contributed by atoms with Gasteiger partial charge >= 0.3 is 6.18 Å². The van der Waals surface area contributed by atoms with Gasteiger partial charge in [-0.3, -0.25) is 14.3 Å². The third-order valence-corrected chi connectivity index (χ3v) is 6.48. The fraction of sp³-hybridized carbons (Fsp3) is 0.458. The second kappa shape index (κ2) is 9.68. The van der Waals surface area contributed by atoms with Crippen molar-refractivity contribution in [2.24, 2.45) is 0 Å². The van der Waals surface area contributed by atoms with E-state index >= 15 is 0 Å². The van der Waals surface area contributed by atoms with Crippen LogP contribution >= 0.6 is 0 Å². The van der Waals surface area contributed by atoms with Crippen LogP contribution in [-0.4, -0.2) is 68.8 Å². The molecule has 1 aliphatic heterocycles. The van der Waals surface area contributed by atoms with Gasteiger partial charge in [-0.1, -0.05) is 0 Å². The van der Waals surface area contributed by atoms with Gasteiger partial charge < -0.3 is 14.5 Å². The molecule has 5 heterocycles. The Labute approximate surface area is 205 Å². The van der Waals surface area contributed by atoms with Crippen molar-refractivity contribution < 1.29 is 22.6 Å². The lowest BCUT2D eigenvalue weighted by Gasteiger charge is -2.26. The Morgan fingerprint density at radius 3 is 2.64 bits per heavy atom. The Bertz CT molecular complexity index is 1360. The number of aryl methyl sites for hydroxylation is 1. The van der Waals surface area contributed by atoms with E-state index in [1.807, 2.05) is 19.3 Å². The molecular weight excluding hydrogens is 475 g/mol. The number of nitrogens with zero attached hydrogens (tertiary/aromatic N) is 6. The molecule has 0 aliphatic carbocycles. The molecule has 9 nitrogen and oxygen atoms in total. The fourth-order valence-electron chi connectivity index (χ4n) is 4.71. The lowest BCUT2D eigenvalue weighted by molar-refractivity contribution is -0.141. The smallest absolute Gasteiger partial charge is 0.383 e. The molecule has 192 valence electrons. The predicted molar refractivity (Wildman–Crippen MR) is 127 cm³/mol. The average molecular weight is 504 g/mol. The first-order valence-electron chi connectivity index (χ1n) is 11.7. The molecule has 0 saturated heterocycles. The van der Waals surface area contributed by atoms with Crippen molar-refractivity contribution in [3.8, 4) is 22.3 Å². The number of hydrogen-bond acceptors (Lipinski definition) is 6. The van der Waals surface area contributed by atoms with Gasteiger partial charge in [-0.2, -0.15) is 23.4 Å². The highest BCUT2D eigenvalue weighted by Crippen LogP contribution is 2.40. The van der Waals surface area contributed by atoms with Gasteiger partial charge in [0.25, 0.3) is 0 Å². The average Bonchev–Trinajstić information content (AvgIpc) is 3.56. The topological polar surface area (TPSA) is 86.0 Å². The first-order chi connectivity index (χ1) is 17.3. The minimum atomic E-state index is -4.58. The Morgan fingerprint density at radius 1 is 1.08 bits per heavy atom. The van der Waals surface area contributed by atoms with Crippen molar-refractivity contribution in [3.05, 3.63) is 42.2 Å². The second-order valence-electron chi connectivity index (χ2n) is 8.93. The second-order valence-corrected chi connectivity index (χ2v) is 8.93. The number of pyridine rings is 1. The monoisotopic (exact) mass is 503 g/mol. The molecule has 36 heavy (non-hydrogen) atoms. The highest BCUT2D eigenvalue weighted by Gasteiger charge is 2.38. The molecule has 0 amide bonds. The van der Waals surface area contributed by atoms with Crippen molar-refractivity contribution in [1.82, 2.24) is 34.4 Å². The number of methoxy groups -OCH3 is 2. The van der Waals surface area contributed by atoms with Gasteiger partial charge in [0.15, 0.2) is 11.9 Å². The summed E-state index contributed by atoms with van der Waals surface area (Å²) in [6, 6.07) is 1.85. The summed E-state index contributed by atoms with van der Waals surface area (Å²) in [4.78, 5) is 9.58. The maximum Gasteiger partial charge on any atom is 0.435 e. The molecular formula is C24H28F3N7O2. The SMILES string of the molecule is COCCn1cc2c(n1)C(OC)N(C)CCCCn1cc(c(C(F)(F)F)n1)-c1c[nH]c3ncc-2cc13.